The third-order valence-corrected chi connectivity index (χ3v) is 6.02. The number of benzene rings is 3. The van der Waals surface area contributed by atoms with Gasteiger partial charge in [0.1, 0.15) is 6.54 Å². The normalized spacial score (nSPS) is 10.6. The van der Waals surface area contributed by atoms with Crippen LogP contribution < -0.4 is 9.62 Å². The van der Waals surface area contributed by atoms with Gasteiger partial charge in [0.2, 0.25) is 0 Å². The lowest BCUT2D eigenvalue weighted by Gasteiger charge is -2.19. The fraction of sp³-hybridized carbons (Fsp3) is 0.0870. The van der Waals surface area contributed by atoms with Crippen LogP contribution >= 0.6 is 0 Å². The number of hydrogen-bond acceptors (Lipinski definition) is 8. The van der Waals surface area contributed by atoms with Gasteiger partial charge in [-0.05, 0) is 30.3 Å². The molecule has 0 aliphatic rings. The number of carbonyl (C=O) groups is 2. The second-order valence-corrected chi connectivity index (χ2v) is 8.64. The summed E-state index contributed by atoms with van der Waals surface area (Å²) in [4.78, 5) is 36.3. The Morgan fingerprint density at radius 2 is 1.71 bits per heavy atom. The highest BCUT2D eigenvalue weighted by atomic mass is 32.2. The second-order valence-electron chi connectivity index (χ2n) is 6.96. The van der Waals surface area contributed by atoms with E-state index in [2.05, 4.69) is 4.72 Å². The summed E-state index contributed by atoms with van der Waals surface area (Å²) in [7, 11) is -4.29. The molecule has 0 atom stereocenters. The molecule has 3 rings (SSSR count). The molecule has 0 fully saturated rings. The number of rotatable bonds is 9. The Balaban J connectivity index is 1.77. The smallest absolute Gasteiger partial charge is 0.340 e. The van der Waals surface area contributed by atoms with Gasteiger partial charge in [-0.2, -0.15) is 5.26 Å². The fourth-order valence-electron chi connectivity index (χ4n) is 3.00. The first-order valence-electron chi connectivity index (χ1n) is 9.98. The molecule has 1 N–H and O–H groups in total. The number of carbonyl (C=O) groups excluding carboxylic acids is 2. The largest absolute Gasteiger partial charge is 0.452 e. The Hall–Kier alpha value is -4.76. The summed E-state index contributed by atoms with van der Waals surface area (Å²) in [6.45, 7) is -0.957. The van der Waals surface area contributed by atoms with Crippen molar-refractivity contribution in [3.63, 3.8) is 0 Å². The molecule has 0 unspecified atom stereocenters. The van der Waals surface area contributed by atoms with Gasteiger partial charge in [0.15, 0.2) is 6.61 Å². The summed E-state index contributed by atoms with van der Waals surface area (Å²) in [5.41, 5.74) is -0.297. The van der Waals surface area contributed by atoms with E-state index in [1.165, 1.54) is 36.4 Å². The summed E-state index contributed by atoms with van der Waals surface area (Å²) in [5, 5.41) is 20.0. The standard InChI is InChI=1S/C23H18N4O7S/c24-13-14-26(17-7-2-1-3-8-17)22(28)16-34-23(29)20-11-4-5-12-21(20)25-35(32,33)19-10-6-9-18(15-19)27(30)31/h1-12,15,25H,14,16H2. The molecule has 12 heteroatoms. The minimum Gasteiger partial charge on any atom is -0.452 e. The molecule has 35 heavy (non-hydrogen) atoms. The molecule has 0 saturated heterocycles. The van der Waals surface area contributed by atoms with Crippen molar-refractivity contribution in [2.45, 2.75) is 4.90 Å². The SMILES string of the molecule is N#CCN(C(=O)COC(=O)c1ccccc1NS(=O)(=O)c1cccc([N+](=O)[O-])c1)c1ccccc1. The number of esters is 1. The minimum atomic E-state index is -4.29. The number of nitrogens with one attached hydrogen (secondary N) is 1. The van der Waals surface area contributed by atoms with E-state index in [0.717, 1.165) is 17.0 Å². The molecule has 0 aliphatic carbocycles. The van der Waals surface area contributed by atoms with E-state index >= 15 is 0 Å². The highest BCUT2D eigenvalue weighted by Crippen LogP contribution is 2.23. The average molecular weight is 494 g/mol. The van der Waals surface area contributed by atoms with Crippen LogP contribution in [-0.2, 0) is 19.6 Å². The number of nitriles is 1. The Labute approximate surface area is 200 Å². The maximum absolute atomic E-state index is 12.8. The maximum atomic E-state index is 12.8. The molecule has 3 aromatic carbocycles. The number of amides is 1. The van der Waals surface area contributed by atoms with Gasteiger partial charge in [0.25, 0.3) is 21.6 Å². The van der Waals surface area contributed by atoms with Crippen LogP contribution in [0.1, 0.15) is 10.4 Å². The number of non-ortho nitro benzene ring substituents is 1. The lowest BCUT2D eigenvalue weighted by atomic mass is 10.2. The van der Waals surface area contributed by atoms with Crippen LogP contribution in [0.15, 0.2) is 83.8 Å². The summed E-state index contributed by atoms with van der Waals surface area (Å²) in [5.74, 6) is -1.64. The zero-order valence-electron chi connectivity index (χ0n) is 18.0. The molecule has 1 amide bonds. The number of anilines is 2. The van der Waals surface area contributed by atoms with Crippen molar-refractivity contribution in [1.82, 2.24) is 0 Å². The third kappa shape index (κ3) is 6.18. The van der Waals surface area contributed by atoms with Gasteiger partial charge in [0.05, 0.1) is 27.1 Å². The molecule has 0 radical (unpaired) electrons. The van der Waals surface area contributed by atoms with Crippen molar-refractivity contribution in [2.75, 3.05) is 22.8 Å². The zero-order chi connectivity index (χ0) is 25.4. The van der Waals surface area contributed by atoms with Crippen LogP contribution in [-0.4, -0.2) is 38.4 Å². The molecule has 178 valence electrons. The van der Waals surface area contributed by atoms with Gasteiger partial charge >= 0.3 is 5.97 Å². The monoisotopic (exact) mass is 494 g/mol. The first kappa shape index (κ1) is 24.9. The summed E-state index contributed by atoms with van der Waals surface area (Å²) >= 11 is 0. The molecule has 0 bridgehead atoms. The number of sulfonamides is 1. The van der Waals surface area contributed by atoms with Crippen molar-refractivity contribution >= 4 is 39.0 Å². The molecule has 0 saturated carbocycles. The Morgan fingerprint density at radius 3 is 2.40 bits per heavy atom. The number of hydrogen-bond donors (Lipinski definition) is 1. The number of nitrogens with zero attached hydrogens (tertiary/aromatic N) is 3. The third-order valence-electron chi connectivity index (χ3n) is 4.65. The Morgan fingerprint density at radius 1 is 1.03 bits per heavy atom. The Kier molecular flexibility index (Phi) is 7.75. The zero-order valence-corrected chi connectivity index (χ0v) is 18.8. The highest BCUT2D eigenvalue weighted by molar-refractivity contribution is 7.92. The lowest BCUT2D eigenvalue weighted by molar-refractivity contribution is -0.385. The van der Waals surface area contributed by atoms with E-state index in [1.54, 1.807) is 30.3 Å². The van der Waals surface area contributed by atoms with E-state index in [9.17, 15) is 28.1 Å². The van der Waals surface area contributed by atoms with Crippen molar-refractivity contribution in [3.8, 4) is 6.07 Å². The number of ether oxygens (including phenoxy) is 1. The van der Waals surface area contributed by atoms with Crippen molar-refractivity contribution < 1.29 is 27.7 Å². The predicted octanol–water partition coefficient (Wildman–Crippen LogP) is 3.11. The summed E-state index contributed by atoms with van der Waals surface area (Å²) in [6.07, 6.45) is 0. The van der Waals surface area contributed by atoms with E-state index < -0.39 is 39.1 Å². The van der Waals surface area contributed by atoms with Gasteiger partial charge < -0.3 is 4.74 Å². The first-order valence-corrected chi connectivity index (χ1v) is 11.5. The molecular formula is C23H18N4O7S. The van der Waals surface area contributed by atoms with Crippen LogP contribution in [0.3, 0.4) is 0 Å². The number of nitro groups is 1. The molecule has 0 spiro atoms. The predicted molar refractivity (Wildman–Crippen MR) is 125 cm³/mol. The van der Waals surface area contributed by atoms with E-state index in [1.807, 2.05) is 6.07 Å². The summed E-state index contributed by atoms with van der Waals surface area (Å²) < 4.78 is 32.8. The summed E-state index contributed by atoms with van der Waals surface area (Å²) in [6, 6.07) is 20.2. The minimum absolute atomic E-state index is 0.145. The second kappa shape index (κ2) is 10.9. The van der Waals surface area contributed by atoms with Gasteiger partial charge in [-0.25, -0.2) is 13.2 Å². The van der Waals surface area contributed by atoms with Gasteiger partial charge in [-0.1, -0.05) is 36.4 Å². The van der Waals surface area contributed by atoms with E-state index in [4.69, 9.17) is 10.00 Å². The first-order chi connectivity index (χ1) is 16.7. The quantitative estimate of drug-likeness (QED) is 0.205. The molecule has 0 aliphatic heterocycles. The van der Waals surface area contributed by atoms with E-state index in [0.29, 0.717) is 5.69 Å². The van der Waals surface area contributed by atoms with Gasteiger partial charge in [0, 0.05) is 17.8 Å². The molecule has 3 aromatic rings. The fourth-order valence-corrected chi connectivity index (χ4v) is 4.12. The van der Waals surface area contributed by atoms with Crippen LogP contribution in [0.4, 0.5) is 17.1 Å². The highest BCUT2D eigenvalue weighted by Gasteiger charge is 2.23. The van der Waals surface area contributed by atoms with Crippen LogP contribution in [0, 0.1) is 21.4 Å². The number of para-hydroxylation sites is 2. The average Bonchev–Trinajstić information content (AvgIpc) is 2.86. The molecule has 11 nitrogen and oxygen atoms in total. The molecule has 0 heterocycles. The van der Waals surface area contributed by atoms with Crippen molar-refractivity contribution in [2.24, 2.45) is 0 Å². The topological polar surface area (TPSA) is 160 Å². The van der Waals surface area contributed by atoms with E-state index in [-0.39, 0.29) is 22.7 Å². The van der Waals surface area contributed by atoms with Gasteiger partial charge in [-0.3, -0.25) is 24.5 Å². The molecule has 0 aromatic heterocycles. The molecular weight excluding hydrogens is 476 g/mol. The van der Waals surface area contributed by atoms with Crippen LogP contribution in [0.25, 0.3) is 0 Å². The van der Waals surface area contributed by atoms with Crippen molar-refractivity contribution in [1.29, 1.82) is 5.26 Å². The Bertz CT molecular complexity index is 1400. The number of nitro benzene ring substituents is 1. The van der Waals surface area contributed by atoms with Crippen LogP contribution in [0.2, 0.25) is 0 Å². The van der Waals surface area contributed by atoms with Crippen molar-refractivity contribution in [3.05, 3.63) is 94.5 Å². The van der Waals surface area contributed by atoms with Gasteiger partial charge in [-0.15, -0.1) is 0 Å². The van der Waals surface area contributed by atoms with Crippen LogP contribution in [0.5, 0.6) is 0 Å². The lowest BCUT2D eigenvalue weighted by Crippen LogP contribution is -2.35. The maximum Gasteiger partial charge on any atom is 0.340 e.